The summed E-state index contributed by atoms with van der Waals surface area (Å²) in [6.07, 6.45) is 1.83. The average Bonchev–Trinajstić information content (AvgIpc) is 2.37. The predicted molar refractivity (Wildman–Crippen MR) is 74.8 cm³/mol. The molecule has 0 aliphatic rings. The largest absolute Gasteiger partial charge is 0.366 e. The summed E-state index contributed by atoms with van der Waals surface area (Å²) in [6.45, 7) is 2.44. The fourth-order valence-electron chi connectivity index (χ4n) is 1.77. The molecule has 2 aromatic rings. The van der Waals surface area contributed by atoms with Crippen molar-refractivity contribution in [2.75, 3.05) is 5.32 Å². The van der Waals surface area contributed by atoms with Crippen LogP contribution in [0.4, 0.5) is 10.2 Å². The highest BCUT2D eigenvalue weighted by Gasteiger charge is 2.04. The molecule has 3 nitrogen and oxygen atoms in total. The van der Waals surface area contributed by atoms with Crippen LogP contribution in [0.1, 0.15) is 24.6 Å². The highest BCUT2D eigenvalue weighted by atomic mass is 35.5. The van der Waals surface area contributed by atoms with Gasteiger partial charge in [-0.2, -0.15) is 0 Å². The Labute approximate surface area is 116 Å². The molecule has 0 saturated heterocycles. The van der Waals surface area contributed by atoms with E-state index in [4.69, 9.17) is 11.6 Å². The van der Waals surface area contributed by atoms with Gasteiger partial charge in [-0.1, -0.05) is 31.5 Å². The van der Waals surface area contributed by atoms with Gasteiger partial charge in [-0.3, -0.25) is 0 Å². The second-order valence-electron chi connectivity index (χ2n) is 4.21. The van der Waals surface area contributed by atoms with Gasteiger partial charge in [0.25, 0.3) is 0 Å². The molecule has 1 heterocycles. The quantitative estimate of drug-likeness (QED) is 0.845. The smallest absolute Gasteiger partial charge is 0.224 e. The Morgan fingerprint density at radius 2 is 2.05 bits per heavy atom. The van der Waals surface area contributed by atoms with E-state index in [2.05, 4.69) is 22.2 Å². The van der Waals surface area contributed by atoms with Crippen molar-refractivity contribution < 1.29 is 4.39 Å². The van der Waals surface area contributed by atoms with Gasteiger partial charge in [0.2, 0.25) is 5.28 Å². The van der Waals surface area contributed by atoms with Crippen LogP contribution in [-0.4, -0.2) is 9.97 Å². The van der Waals surface area contributed by atoms with Crippen LogP contribution < -0.4 is 5.32 Å². The Bertz CT molecular complexity index is 560. The fourth-order valence-corrected chi connectivity index (χ4v) is 1.97. The van der Waals surface area contributed by atoms with Crippen LogP contribution in [0, 0.1) is 5.82 Å². The molecule has 2 rings (SSSR count). The summed E-state index contributed by atoms with van der Waals surface area (Å²) in [5.74, 6) is 0.385. The lowest BCUT2D eigenvalue weighted by Crippen LogP contribution is -2.05. The molecule has 19 heavy (non-hydrogen) atoms. The van der Waals surface area contributed by atoms with E-state index in [0.717, 1.165) is 18.5 Å². The number of aromatic nitrogens is 2. The van der Waals surface area contributed by atoms with Gasteiger partial charge in [0.15, 0.2) is 0 Å². The molecule has 0 spiro atoms. The maximum Gasteiger partial charge on any atom is 0.224 e. The Balaban J connectivity index is 2.09. The molecule has 1 N–H and O–H groups in total. The molecule has 0 radical (unpaired) electrons. The number of halogens is 2. The predicted octanol–water partition coefficient (Wildman–Crippen LogP) is 3.83. The van der Waals surface area contributed by atoms with E-state index in [1.807, 2.05) is 6.07 Å². The second kappa shape index (κ2) is 6.48. The van der Waals surface area contributed by atoms with E-state index in [1.54, 1.807) is 18.2 Å². The van der Waals surface area contributed by atoms with Crippen LogP contribution in [0.2, 0.25) is 5.28 Å². The van der Waals surface area contributed by atoms with Crippen molar-refractivity contribution in [3.8, 4) is 0 Å². The molecule has 0 aliphatic carbocycles. The first kappa shape index (κ1) is 13.7. The van der Waals surface area contributed by atoms with Gasteiger partial charge in [-0.25, -0.2) is 14.4 Å². The van der Waals surface area contributed by atoms with Crippen LogP contribution in [0.3, 0.4) is 0 Å². The number of nitrogens with one attached hydrogen (secondary N) is 1. The number of anilines is 1. The Kier molecular flexibility index (Phi) is 4.68. The molecule has 0 bridgehead atoms. The average molecular weight is 280 g/mol. The molecule has 0 saturated carbocycles. The van der Waals surface area contributed by atoms with Gasteiger partial charge < -0.3 is 5.32 Å². The first-order chi connectivity index (χ1) is 9.19. The van der Waals surface area contributed by atoms with Crippen molar-refractivity contribution in [3.05, 3.63) is 52.7 Å². The molecule has 0 atom stereocenters. The monoisotopic (exact) mass is 279 g/mol. The normalized spacial score (nSPS) is 10.5. The molecule has 0 aliphatic heterocycles. The third-order valence-electron chi connectivity index (χ3n) is 2.68. The maximum absolute atomic E-state index is 13.5. The van der Waals surface area contributed by atoms with E-state index in [9.17, 15) is 4.39 Å². The summed E-state index contributed by atoms with van der Waals surface area (Å²) in [5, 5.41) is 3.28. The summed E-state index contributed by atoms with van der Waals surface area (Å²) in [7, 11) is 0. The molecule has 1 aromatic carbocycles. The van der Waals surface area contributed by atoms with Crippen molar-refractivity contribution in [1.82, 2.24) is 9.97 Å². The minimum atomic E-state index is -0.232. The van der Waals surface area contributed by atoms with E-state index < -0.39 is 0 Å². The molecular weight excluding hydrogens is 265 g/mol. The van der Waals surface area contributed by atoms with Gasteiger partial charge in [-0.05, 0) is 24.1 Å². The zero-order valence-electron chi connectivity index (χ0n) is 10.7. The zero-order valence-corrected chi connectivity index (χ0v) is 11.4. The SMILES string of the molecule is CCCc1cc(NCc2ccccc2F)nc(Cl)n1. The highest BCUT2D eigenvalue weighted by Crippen LogP contribution is 2.14. The van der Waals surface area contributed by atoms with Crippen molar-refractivity contribution in [2.24, 2.45) is 0 Å². The maximum atomic E-state index is 13.5. The van der Waals surface area contributed by atoms with Gasteiger partial charge in [0, 0.05) is 23.9 Å². The molecule has 5 heteroatoms. The molecule has 100 valence electrons. The molecular formula is C14H15ClFN3. The van der Waals surface area contributed by atoms with Gasteiger partial charge in [0.05, 0.1) is 0 Å². The lowest BCUT2D eigenvalue weighted by atomic mass is 10.2. The fraction of sp³-hybridized carbons (Fsp3) is 0.286. The van der Waals surface area contributed by atoms with Crippen molar-refractivity contribution in [1.29, 1.82) is 0 Å². The molecule has 1 aromatic heterocycles. The van der Waals surface area contributed by atoms with Crippen LogP contribution in [0.15, 0.2) is 30.3 Å². The third kappa shape index (κ3) is 3.89. The summed E-state index contributed by atoms with van der Waals surface area (Å²) < 4.78 is 13.5. The number of rotatable bonds is 5. The summed E-state index contributed by atoms with van der Waals surface area (Å²) in [4.78, 5) is 8.22. The zero-order chi connectivity index (χ0) is 13.7. The minimum Gasteiger partial charge on any atom is -0.366 e. The molecule has 0 unspecified atom stereocenters. The Morgan fingerprint density at radius 1 is 1.26 bits per heavy atom. The van der Waals surface area contributed by atoms with Gasteiger partial charge in [-0.15, -0.1) is 0 Å². The van der Waals surface area contributed by atoms with Crippen molar-refractivity contribution in [2.45, 2.75) is 26.3 Å². The number of nitrogens with zero attached hydrogens (tertiary/aromatic N) is 2. The number of hydrogen-bond donors (Lipinski definition) is 1. The molecule has 0 fully saturated rings. The first-order valence-corrected chi connectivity index (χ1v) is 6.57. The molecule has 0 amide bonds. The van der Waals surface area contributed by atoms with Crippen molar-refractivity contribution in [3.63, 3.8) is 0 Å². The number of aryl methyl sites for hydroxylation is 1. The van der Waals surface area contributed by atoms with Gasteiger partial charge in [0.1, 0.15) is 11.6 Å². The van der Waals surface area contributed by atoms with E-state index in [1.165, 1.54) is 6.07 Å². The number of hydrogen-bond acceptors (Lipinski definition) is 3. The lowest BCUT2D eigenvalue weighted by Gasteiger charge is -2.08. The minimum absolute atomic E-state index is 0.210. The first-order valence-electron chi connectivity index (χ1n) is 6.19. The Hall–Kier alpha value is -1.68. The second-order valence-corrected chi connectivity index (χ2v) is 4.55. The van der Waals surface area contributed by atoms with Crippen LogP contribution in [-0.2, 0) is 13.0 Å². The third-order valence-corrected chi connectivity index (χ3v) is 2.84. The summed E-state index contributed by atoms with van der Waals surface area (Å²) >= 11 is 5.86. The van der Waals surface area contributed by atoms with E-state index >= 15 is 0 Å². The number of benzene rings is 1. The highest BCUT2D eigenvalue weighted by molar-refractivity contribution is 6.28. The van der Waals surface area contributed by atoms with Crippen LogP contribution >= 0.6 is 11.6 Å². The summed E-state index contributed by atoms with van der Waals surface area (Å²) in [6, 6.07) is 8.48. The van der Waals surface area contributed by atoms with Gasteiger partial charge >= 0.3 is 0 Å². The summed E-state index contributed by atoms with van der Waals surface area (Å²) in [5.41, 5.74) is 1.48. The van der Waals surface area contributed by atoms with Crippen LogP contribution in [0.5, 0.6) is 0 Å². The van der Waals surface area contributed by atoms with E-state index in [-0.39, 0.29) is 11.1 Å². The standard InChI is InChI=1S/C14H15ClFN3/c1-2-5-11-8-13(19-14(15)18-11)17-9-10-6-3-4-7-12(10)16/h3-4,6-8H,2,5,9H2,1H3,(H,17,18,19). The topological polar surface area (TPSA) is 37.8 Å². The Morgan fingerprint density at radius 3 is 2.79 bits per heavy atom. The lowest BCUT2D eigenvalue weighted by molar-refractivity contribution is 0.613. The van der Waals surface area contributed by atoms with Crippen molar-refractivity contribution >= 4 is 17.4 Å². The van der Waals surface area contributed by atoms with E-state index in [0.29, 0.717) is 17.9 Å². The van der Waals surface area contributed by atoms with Crippen LogP contribution in [0.25, 0.3) is 0 Å².